The molecule has 0 spiro atoms. The molecule has 1 aliphatic rings. The second-order valence-electron chi connectivity index (χ2n) is 7.62. The number of hydrogen-bond donors (Lipinski definition) is 1. The maximum Gasteiger partial charge on any atom is 0.226 e. The molecule has 2 rings (SSSR count). The van der Waals surface area contributed by atoms with Gasteiger partial charge in [-0.1, -0.05) is 30.9 Å². The van der Waals surface area contributed by atoms with Gasteiger partial charge >= 0.3 is 0 Å². The van der Waals surface area contributed by atoms with Gasteiger partial charge in [-0.3, -0.25) is 4.79 Å². The number of amides is 1. The molecule has 1 aromatic carbocycles. The fourth-order valence-corrected chi connectivity index (χ4v) is 3.24. The van der Waals surface area contributed by atoms with Crippen LogP contribution in [0.25, 0.3) is 0 Å². The Balaban J connectivity index is 1.98. The Morgan fingerprint density at radius 3 is 2.38 bits per heavy atom. The van der Waals surface area contributed by atoms with Gasteiger partial charge in [0.2, 0.25) is 5.91 Å². The van der Waals surface area contributed by atoms with E-state index >= 15 is 0 Å². The molecule has 0 atom stereocenters. The number of benzene rings is 1. The van der Waals surface area contributed by atoms with Gasteiger partial charge in [0.1, 0.15) is 5.75 Å². The molecule has 4 nitrogen and oxygen atoms in total. The number of nitrogens with two attached hydrogens (primary N) is 1. The maximum absolute atomic E-state index is 11.4. The van der Waals surface area contributed by atoms with Crippen molar-refractivity contribution >= 4 is 11.6 Å². The van der Waals surface area contributed by atoms with Crippen LogP contribution in [0.2, 0.25) is 0 Å². The molecule has 143 valence electrons. The second-order valence-corrected chi connectivity index (χ2v) is 7.62. The van der Waals surface area contributed by atoms with Crippen LogP contribution < -0.4 is 15.4 Å². The number of rotatable bonds is 9. The lowest BCUT2D eigenvalue weighted by Gasteiger charge is -2.26. The van der Waals surface area contributed by atoms with Crippen molar-refractivity contribution in [1.29, 1.82) is 0 Å². The number of ether oxygens (including phenoxy) is 1. The van der Waals surface area contributed by atoms with E-state index in [4.69, 9.17) is 10.5 Å². The van der Waals surface area contributed by atoms with Gasteiger partial charge in [0.05, 0.1) is 12.5 Å². The number of carbonyl (C=O) groups excluding carboxylic acids is 1. The van der Waals surface area contributed by atoms with Gasteiger partial charge in [-0.15, -0.1) is 0 Å². The zero-order valence-corrected chi connectivity index (χ0v) is 16.5. The van der Waals surface area contributed by atoms with Crippen LogP contribution in [0.3, 0.4) is 0 Å². The Kier molecular flexibility index (Phi) is 8.02. The molecule has 0 aliphatic heterocycles. The molecule has 1 aliphatic carbocycles. The summed E-state index contributed by atoms with van der Waals surface area (Å²) in [5, 5.41) is 0. The van der Waals surface area contributed by atoms with E-state index in [0.29, 0.717) is 18.4 Å². The summed E-state index contributed by atoms with van der Waals surface area (Å²) in [6.45, 7) is 8.03. The molecule has 1 radical (unpaired) electrons. The van der Waals surface area contributed by atoms with Crippen molar-refractivity contribution in [3.8, 4) is 5.75 Å². The number of allylic oxidation sites excluding steroid dienone is 1. The van der Waals surface area contributed by atoms with Crippen molar-refractivity contribution in [2.75, 3.05) is 24.6 Å². The van der Waals surface area contributed by atoms with Crippen LogP contribution in [0.1, 0.15) is 52.9 Å². The van der Waals surface area contributed by atoms with Crippen molar-refractivity contribution in [3.63, 3.8) is 0 Å². The van der Waals surface area contributed by atoms with E-state index < -0.39 is 0 Å². The van der Waals surface area contributed by atoms with Crippen molar-refractivity contribution in [2.24, 2.45) is 11.7 Å². The molecule has 1 aromatic rings. The summed E-state index contributed by atoms with van der Waals surface area (Å²) in [7, 11) is 0. The highest BCUT2D eigenvalue weighted by molar-refractivity contribution is 5.88. The second kappa shape index (κ2) is 10.2. The van der Waals surface area contributed by atoms with Crippen molar-refractivity contribution in [2.45, 2.75) is 52.9 Å². The zero-order chi connectivity index (χ0) is 18.9. The largest absolute Gasteiger partial charge is 0.493 e. The molecule has 0 bridgehead atoms. The van der Waals surface area contributed by atoms with E-state index in [1.54, 1.807) is 6.92 Å². The first-order valence-corrected chi connectivity index (χ1v) is 9.69. The Morgan fingerprint density at radius 1 is 1.15 bits per heavy atom. The first-order chi connectivity index (χ1) is 12.5. The van der Waals surface area contributed by atoms with Gasteiger partial charge in [-0.25, -0.2) is 0 Å². The third-order valence-electron chi connectivity index (χ3n) is 4.98. The minimum absolute atomic E-state index is 0.348. The van der Waals surface area contributed by atoms with Gasteiger partial charge in [0.25, 0.3) is 0 Å². The van der Waals surface area contributed by atoms with E-state index in [1.165, 1.54) is 37.7 Å². The Labute approximate surface area is 158 Å². The molecule has 26 heavy (non-hydrogen) atoms. The molecular weight excluding hydrogens is 324 g/mol. The van der Waals surface area contributed by atoms with E-state index in [2.05, 4.69) is 37.0 Å². The SMILES string of the molecule is C[C](CN(CC=C(C)C)c1ccc(OCC2CCCCC2)cc1)C(N)=O. The fraction of sp³-hybridized carbons (Fsp3) is 0.545. The topological polar surface area (TPSA) is 55.6 Å². The lowest BCUT2D eigenvalue weighted by molar-refractivity contribution is -0.116. The van der Waals surface area contributed by atoms with Gasteiger partial charge in [0.15, 0.2) is 0 Å². The lowest BCUT2D eigenvalue weighted by Crippen LogP contribution is -2.33. The summed E-state index contributed by atoms with van der Waals surface area (Å²) in [4.78, 5) is 13.6. The molecular formula is C22H33N2O2. The molecule has 0 aromatic heterocycles. The summed E-state index contributed by atoms with van der Waals surface area (Å²) < 4.78 is 5.99. The Bertz CT molecular complexity index is 585. The minimum atomic E-state index is -0.348. The summed E-state index contributed by atoms with van der Waals surface area (Å²) in [6.07, 6.45) is 8.77. The minimum Gasteiger partial charge on any atom is -0.493 e. The predicted octanol–water partition coefficient (Wildman–Crippen LogP) is 4.50. The third kappa shape index (κ3) is 6.74. The van der Waals surface area contributed by atoms with Crippen LogP contribution in [0.15, 0.2) is 35.9 Å². The smallest absolute Gasteiger partial charge is 0.226 e. The number of carbonyl (C=O) groups is 1. The first-order valence-electron chi connectivity index (χ1n) is 9.69. The van der Waals surface area contributed by atoms with Gasteiger partial charge in [-0.05, 0) is 63.8 Å². The van der Waals surface area contributed by atoms with Crippen LogP contribution in [0.5, 0.6) is 5.75 Å². The van der Waals surface area contributed by atoms with Crippen LogP contribution in [0, 0.1) is 11.8 Å². The first kappa shape index (κ1) is 20.3. The van der Waals surface area contributed by atoms with Crippen LogP contribution >= 0.6 is 0 Å². The molecule has 0 unspecified atom stereocenters. The van der Waals surface area contributed by atoms with Crippen molar-refractivity contribution < 1.29 is 9.53 Å². The number of nitrogens with zero attached hydrogens (tertiary/aromatic N) is 1. The molecule has 1 saturated carbocycles. The van der Waals surface area contributed by atoms with Crippen LogP contribution in [-0.4, -0.2) is 25.6 Å². The van der Waals surface area contributed by atoms with Crippen molar-refractivity contribution in [3.05, 3.63) is 41.8 Å². The van der Waals surface area contributed by atoms with Gasteiger partial charge in [0, 0.05) is 18.8 Å². The zero-order valence-electron chi connectivity index (χ0n) is 16.5. The van der Waals surface area contributed by atoms with E-state index in [0.717, 1.165) is 24.6 Å². The lowest BCUT2D eigenvalue weighted by atomic mass is 9.90. The highest BCUT2D eigenvalue weighted by Crippen LogP contribution is 2.26. The quantitative estimate of drug-likeness (QED) is 0.662. The molecule has 2 N–H and O–H groups in total. The molecule has 0 heterocycles. The normalized spacial score (nSPS) is 14.9. The monoisotopic (exact) mass is 357 g/mol. The highest BCUT2D eigenvalue weighted by atomic mass is 16.5. The highest BCUT2D eigenvalue weighted by Gasteiger charge is 2.16. The molecule has 4 heteroatoms. The van der Waals surface area contributed by atoms with Gasteiger partial charge < -0.3 is 15.4 Å². The Hall–Kier alpha value is -1.97. The average molecular weight is 358 g/mol. The van der Waals surface area contributed by atoms with Crippen molar-refractivity contribution in [1.82, 2.24) is 0 Å². The summed E-state index contributed by atoms with van der Waals surface area (Å²) >= 11 is 0. The fourth-order valence-electron chi connectivity index (χ4n) is 3.24. The van der Waals surface area contributed by atoms with Crippen LogP contribution in [0.4, 0.5) is 5.69 Å². The summed E-state index contributed by atoms with van der Waals surface area (Å²) in [5.74, 6) is 1.92. The van der Waals surface area contributed by atoms with E-state index in [-0.39, 0.29) is 5.91 Å². The predicted molar refractivity (Wildman–Crippen MR) is 108 cm³/mol. The number of anilines is 1. The Morgan fingerprint density at radius 2 is 1.81 bits per heavy atom. The maximum atomic E-state index is 11.4. The van der Waals surface area contributed by atoms with E-state index in [1.807, 2.05) is 12.1 Å². The summed E-state index contributed by atoms with van der Waals surface area (Å²) in [5.41, 5.74) is 7.73. The standard InChI is InChI=1S/C22H33N2O2/c1-17(2)13-14-24(15-18(3)22(23)25)20-9-11-21(12-10-20)26-16-19-7-5-4-6-8-19/h9-13,19H,4-8,14-16H2,1-3H3,(H2,23,25). The molecule has 1 fully saturated rings. The average Bonchev–Trinajstić information content (AvgIpc) is 2.64. The molecule has 0 saturated heterocycles. The van der Waals surface area contributed by atoms with Crippen LogP contribution in [-0.2, 0) is 4.79 Å². The van der Waals surface area contributed by atoms with E-state index in [9.17, 15) is 4.79 Å². The third-order valence-corrected chi connectivity index (χ3v) is 4.98. The number of hydrogen-bond acceptors (Lipinski definition) is 3. The van der Waals surface area contributed by atoms with Gasteiger partial charge in [-0.2, -0.15) is 0 Å². The molecule has 1 amide bonds. The number of primary amides is 1. The summed E-state index contributed by atoms with van der Waals surface area (Å²) in [6, 6.07) is 8.16.